The summed E-state index contributed by atoms with van der Waals surface area (Å²) in [6.07, 6.45) is 1.18. The van der Waals surface area contributed by atoms with Gasteiger partial charge in [0.1, 0.15) is 0 Å². The zero-order chi connectivity index (χ0) is 9.97. The molecule has 0 amide bonds. The van der Waals surface area contributed by atoms with Crippen LogP contribution in [0, 0.1) is 6.92 Å². The second-order valence-corrected chi connectivity index (χ2v) is 4.03. The lowest BCUT2D eigenvalue weighted by molar-refractivity contribution is 0.261. The third-order valence-corrected chi connectivity index (χ3v) is 3.03. The van der Waals surface area contributed by atoms with Gasteiger partial charge in [-0.1, -0.05) is 18.2 Å². The number of rotatable bonds is 2. The third kappa shape index (κ3) is 1.81. The smallest absolute Gasteiger partial charge is 0.0239 e. The average molecular weight is 190 g/mol. The molecule has 1 aromatic carbocycles. The van der Waals surface area contributed by atoms with Crippen molar-refractivity contribution in [2.75, 3.05) is 19.6 Å². The highest BCUT2D eigenvalue weighted by atomic mass is 15.1. The van der Waals surface area contributed by atoms with E-state index in [9.17, 15) is 0 Å². The summed E-state index contributed by atoms with van der Waals surface area (Å²) in [4.78, 5) is 2.44. The summed E-state index contributed by atoms with van der Waals surface area (Å²) in [5.41, 5.74) is 10.0. The summed E-state index contributed by atoms with van der Waals surface area (Å²) in [5.74, 6) is 0. The maximum Gasteiger partial charge on any atom is 0.0239 e. The highest BCUT2D eigenvalue weighted by molar-refractivity contribution is 5.35. The number of fused-ring (bicyclic) bond motifs is 1. The predicted molar refractivity (Wildman–Crippen MR) is 59.2 cm³/mol. The maximum absolute atomic E-state index is 5.58. The van der Waals surface area contributed by atoms with Crippen molar-refractivity contribution >= 4 is 0 Å². The Morgan fingerprint density at radius 1 is 1.43 bits per heavy atom. The molecule has 0 unspecified atom stereocenters. The lowest BCUT2D eigenvalue weighted by atomic mass is 9.96. The van der Waals surface area contributed by atoms with E-state index in [0.29, 0.717) is 0 Å². The van der Waals surface area contributed by atoms with Crippen molar-refractivity contribution in [2.45, 2.75) is 19.9 Å². The Morgan fingerprint density at radius 2 is 2.29 bits per heavy atom. The van der Waals surface area contributed by atoms with Crippen molar-refractivity contribution in [2.24, 2.45) is 5.73 Å². The topological polar surface area (TPSA) is 29.3 Å². The van der Waals surface area contributed by atoms with Gasteiger partial charge >= 0.3 is 0 Å². The van der Waals surface area contributed by atoms with Gasteiger partial charge in [-0.15, -0.1) is 0 Å². The minimum Gasteiger partial charge on any atom is -0.329 e. The van der Waals surface area contributed by atoms with E-state index in [1.54, 1.807) is 0 Å². The van der Waals surface area contributed by atoms with Crippen molar-refractivity contribution < 1.29 is 0 Å². The van der Waals surface area contributed by atoms with Crippen LogP contribution in [-0.2, 0) is 13.0 Å². The van der Waals surface area contributed by atoms with Crippen molar-refractivity contribution in [3.05, 3.63) is 34.9 Å². The lowest BCUT2D eigenvalue weighted by Gasteiger charge is -2.29. The molecule has 0 aromatic heterocycles. The second-order valence-electron chi connectivity index (χ2n) is 4.03. The summed E-state index contributed by atoms with van der Waals surface area (Å²) in [6.45, 7) is 6.23. The predicted octanol–water partition coefficient (Wildman–Crippen LogP) is 1.31. The first kappa shape index (κ1) is 9.69. The van der Waals surface area contributed by atoms with Crippen molar-refractivity contribution in [1.82, 2.24) is 4.90 Å². The first-order valence-electron chi connectivity index (χ1n) is 5.31. The van der Waals surface area contributed by atoms with Gasteiger partial charge in [0.05, 0.1) is 0 Å². The summed E-state index contributed by atoms with van der Waals surface area (Å²) >= 11 is 0. The Kier molecular flexibility index (Phi) is 2.85. The van der Waals surface area contributed by atoms with Crippen LogP contribution in [-0.4, -0.2) is 24.5 Å². The van der Waals surface area contributed by atoms with Crippen molar-refractivity contribution in [1.29, 1.82) is 0 Å². The lowest BCUT2D eigenvalue weighted by Crippen LogP contribution is -2.34. The molecular formula is C12H18N2. The molecule has 1 aliphatic heterocycles. The Balaban J connectivity index is 2.20. The van der Waals surface area contributed by atoms with E-state index in [0.717, 1.165) is 26.2 Å². The van der Waals surface area contributed by atoms with Gasteiger partial charge in [-0.25, -0.2) is 0 Å². The van der Waals surface area contributed by atoms with E-state index in [-0.39, 0.29) is 0 Å². The first-order valence-corrected chi connectivity index (χ1v) is 5.31. The van der Waals surface area contributed by atoms with Gasteiger partial charge in [-0.3, -0.25) is 4.90 Å². The van der Waals surface area contributed by atoms with Gasteiger partial charge in [-0.2, -0.15) is 0 Å². The third-order valence-electron chi connectivity index (χ3n) is 3.03. The van der Waals surface area contributed by atoms with Gasteiger partial charge in [0, 0.05) is 26.2 Å². The molecule has 0 atom stereocenters. The zero-order valence-electron chi connectivity index (χ0n) is 8.79. The quantitative estimate of drug-likeness (QED) is 0.762. The Hall–Kier alpha value is -0.860. The van der Waals surface area contributed by atoms with Crippen LogP contribution < -0.4 is 5.73 Å². The molecule has 2 nitrogen and oxygen atoms in total. The SMILES string of the molecule is Cc1cccc2c1CN(CCN)CC2. The molecule has 2 rings (SSSR count). The number of nitrogens with two attached hydrogens (primary N) is 1. The van der Waals surface area contributed by atoms with Gasteiger partial charge in [-0.05, 0) is 30.0 Å². The summed E-state index contributed by atoms with van der Waals surface area (Å²) in [5, 5.41) is 0. The molecule has 0 radical (unpaired) electrons. The largest absolute Gasteiger partial charge is 0.329 e. The molecule has 0 fully saturated rings. The molecule has 1 heterocycles. The number of benzene rings is 1. The Morgan fingerprint density at radius 3 is 3.07 bits per heavy atom. The zero-order valence-corrected chi connectivity index (χ0v) is 8.79. The molecule has 2 N–H and O–H groups in total. The molecule has 1 aromatic rings. The average Bonchev–Trinajstić information content (AvgIpc) is 2.20. The molecule has 0 aliphatic carbocycles. The van der Waals surface area contributed by atoms with E-state index in [1.165, 1.54) is 23.1 Å². The summed E-state index contributed by atoms with van der Waals surface area (Å²) in [7, 11) is 0. The van der Waals surface area contributed by atoms with E-state index >= 15 is 0 Å². The number of hydrogen-bond acceptors (Lipinski definition) is 2. The molecule has 76 valence electrons. The highest BCUT2D eigenvalue weighted by Gasteiger charge is 2.16. The Labute approximate surface area is 85.7 Å². The number of aryl methyl sites for hydroxylation is 1. The second kappa shape index (κ2) is 4.11. The van der Waals surface area contributed by atoms with Gasteiger partial charge < -0.3 is 5.73 Å². The normalized spacial score (nSPS) is 16.7. The van der Waals surface area contributed by atoms with Gasteiger partial charge in [0.2, 0.25) is 0 Å². The fraction of sp³-hybridized carbons (Fsp3) is 0.500. The van der Waals surface area contributed by atoms with Gasteiger partial charge in [0.25, 0.3) is 0 Å². The Bertz CT molecular complexity index is 320. The minimum absolute atomic E-state index is 0.765. The van der Waals surface area contributed by atoms with Crippen LogP contribution in [0.25, 0.3) is 0 Å². The summed E-state index contributed by atoms with van der Waals surface area (Å²) < 4.78 is 0. The van der Waals surface area contributed by atoms with E-state index < -0.39 is 0 Å². The van der Waals surface area contributed by atoms with Crippen LogP contribution in [0.4, 0.5) is 0 Å². The van der Waals surface area contributed by atoms with Crippen LogP contribution in [0.5, 0.6) is 0 Å². The minimum atomic E-state index is 0.765. The molecule has 0 bridgehead atoms. The maximum atomic E-state index is 5.58. The molecular weight excluding hydrogens is 172 g/mol. The molecule has 1 aliphatic rings. The number of hydrogen-bond donors (Lipinski definition) is 1. The monoisotopic (exact) mass is 190 g/mol. The fourth-order valence-electron chi connectivity index (χ4n) is 2.18. The highest BCUT2D eigenvalue weighted by Crippen LogP contribution is 2.21. The van der Waals surface area contributed by atoms with E-state index in [4.69, 9.17) is 5.73 Å². The number of nitrogens with zero attached hydrogens (tertiary/aromatic N) is 1. The van der Waals surface area contributed by atoms with E-state index in [1.807, 2.05) is 0 Å². The fourth-order valence-corrected chi connectivity index (χ4v) is 2.18. The molecule has 0 saturated heterocycles. The van der Waals surface area contributed by atoms with Crippen LogP contribution in [0.1, 0.15) is 16.7 Å². The molecule has 14 heavy (non-hydrogen) atoms. The van der Waals surface area contributed by atoms with E-state index in [2.05, 4.69) is 30.0 Å². The van der Waals surface area contributed by atoms with Gasteiger partial charge in [0.15, 0.2) is 0 Å². The van der Waals surface area contributed by atoms with Crippen LogP contribution >= 0.6 is 0 Å². The molecule has 0 spiro atoms. The van der Waals surface area contributed by atoms with Crippen LogP contribution in [0.2, 0.25) is 0 Å². The first-order chi connectivity index (χ1) is 6.81. The van der Waals surface area contributed by atoms with Crippen LogP contribution in [0.3, 0.4) is 0 Å². The standard InChI is InChI=1S/C12H18N2/c1-10-3-2-4-11-5-7-14(8-6-13)9-12(10)11/h2-4H,5-9,13H2,1H3. The molecule has 0 saturated carbocycles. The molecule has 2 heteroatoms. The van der Waals surface area contributed by atoms with Crippen molar-refractivity contribution in [3.63, 3.8) is 0 Å². The van der Waals surface area contributed by atoms with Crippen molar-refractivity contribution in [3.8, 4) is 0 Å². The summed E-state index contributed by atoms with van der Waals surface area (Å²) in [6, 6.07) is 6.61. The van der Waals surface area contributed by atoms with Crippen LogP contribution in [0.15, 0.2) is 18.2 Å².